The van der Waals surface area contributed by atoms with Gasteiger partial charge < -0.3 is 15.0 Å². The number of thiophene rings is 1. The van der Waals surface area contributed by atoms with Gasteiger partial charge in [-0.15, -0.1) is 11.3 Å². The van der Waals surface area contributed by atoms with Gasteiger partial charge in [-0.1, -0.05) is 18.2 Å². The molecule has 1 aliphatic heterocycles. The van der Waals surface area contributed by atoms with Crippen LogP contribution in [0.3, 0.4) is 0 Å². The topological polar surface area (TPSA) is 75.7 Å². The van der Waals surface area contributed by atoms with Crippen molar-refractivity contribution in [1.82, 2.24) is 0 Å². The van der Waals surface area contributed by atoms with Crippen LogP contribution in [0.1, 0.15) is 47.1 Å². The van der Waals surface area contributed by atoms with Crippen LogP contribution in [0, 0.1) is 13.8 Å². The average Bonchev–Trinajstić information content (AvgIpc) is 3.09. The Morgan fingerprint density at radius 1 is 1.25 bits per heavy atom. The zero-order valence-electron chi connectivity index (χ0n) is 16.7. The lowest BCUT2D eigenvalue weighted by molar-refractivity contribution is -0.126. The maximum absolute atomic E-state index is 13.0. The molecule has 2 aromatic rings. The molecule has 148 valence electrons. The Morgan fingerprint density at radius 2 is 1.93 bits per heavy atom. The minimum Gasteiger partial charge on any atom is -0.449 e. The van der Waals surface area contributed by atoms with E-state index in [1.54, 1.807) is 18.7 Å². The molecular weight excluding hydrogens is 376 g/mol. The van der Waals surface area contributed by atoms with Gasteiger partial charge in [0, 0.05) is 23.5 Å². The lowest BCUT2D eigenvalue weighted by Crippen LogP contribution is -2.43. The highest BCUT2D eigenvalue weighted by Gasteiger charge is 2.35. The number of carbonyl (C=O) groups is 3. The van der Waals surface area contributed by atoms with Crippen molar-refractivity contribution in [2.24, 2.45) is 0 Å². The summed E-state index contributed by atoms with van der Waals surface area (Å²) in [4.78, 5) is 39.9. The number of anilines is 2. The fraction of sp³-hybridized carbons (Fsp3) is 0.381. The molecule has 2 heterocycles. The van der Waals surface area contributed by atoms with Gasteiger partial charge in [0.05, 0.1) is 5.56 Å². The third-order valence-corrected chi connectivity index (χ3v) is 6.08. The van der Waals surface area contributed by atoms with Crippen LogP contribution >= 0.6 is 11.3 Å². The third-order valence-electron chi connectivity index (χ3n) is 4.96. The Bertz CT molecular complexity index is 950. The fourth-order valence-electron chi connectivity index (χ4n) is 3.49. The standard InChI is InChI=1S/C21H24N2O4S/c1-11-10-16-8-6-7-9-17(16)23(11)20(25)13(3)27-21(26)18-12(2)14(4)28-19(18)22-15(5)24/h6-9,11,13H,10H2,1-5H3,(H,22,24)/t11-,13-/m0/s1. The number of fused-ring (bicyclic) bond motifs is 1. The van der Waals surface area contributed by atoms with Crippen molar-refractivity contribution in [3.8, 4) is 0 Å². The summed E-state index contributed by atoms with van der Waals surface area (Å²) in [6.45, 7) is 8.63. The third kappa shape index (κ3) is 3.67. The molecule has 0 radical (unpaired) electrons. The summed E-state index contributed by atoms with van der Waals surface area (Å²) < 4.78 is 5.52. The highest BCUT2D eigenvalue weighted by Crippen LogP contribution is 2.35. The van der Waals surface area contributed by atoms with E-state index in [1.807, 2.05) is 38.1 Å². The minimum atomic E-state index is -0.939. The maximum Gasteiger partial charge on any atom is 0.342 e. The molecule has 1 aromatic heterocycles. The molecular formula is C21H24N2O4S. The lowest BCUT2D eigenvalue weighted by Gasteiger charge is -2.26. The quantitative estimate of drug-likeness (QED) is 0.791. The first-order valence-electron chi connectivity index (χ1n) is 9.20. The first-order valence-corrected chi connectivity index (χ1v) is 10.0. The van der Waals surface area contributed by atoms with Crippen LogP contribution < -0.4 is 10.2 Å². The summed E-state index contributed by atoms with van der Waals surface area (Å²) >= 11 is 1.32. The Balaban J connectivity index is 1.80. The van der Waals surface area contributed by atoms with Crippen LogP contribution in [0.2, 0.25) is 0 Å². The van der Waals surface area contributed by atoms with Gasteiger partial charge in [0.1, 0.15) is 5.00 Å². The van der Waals surface area contributed by atoms with Gasteiger partial charge in [-0.05, 0) is 51.3 Å². The van der Waals surface area contributed by atoms with E-state index in [0.29, 0.717) is 10.6 Å². The van der Waals surface area contributed by atoms with Crippen molar-refractivity contribution in [3.63, 3.8) is 0 Å². The van der Waals surface area contributed by atoms with E-state index in [-0.39, 0.29) is 17.9 Å². The van der Waals surface area contributed by atoms with Crippen molar-refractivity contribution in [1.29, 1.82) is 0 Å². The summed E-state index contributed by atoms with van der Waals surface area (Å²) in [5, 5.41) is 3.13. The molecule has 0 fully saturated rings. The molecule has 28 heavy (non-hydrogen) atoms. The maximum atomic E-state index is 13.0. The van der Waals surface area contributed by atoms with Crippen molar-refractivity contribution in [2.75, 3.05) is 10.2 Å². The van der Waals surface area contributed by atoms with E-state index in [0.717, 1.165) is 28.1 Å². The second kappa shape index (κ2) is 7.75. The van der Waals surface area contributed by atoms with E-state index < -0.39 is 12.1 Å². The van der Waals surface area contributed by atoms with Crippen molar-refractivity contribution >= 4 is 39.8 Å². The van der Waals surface area contributed by atoms with E-state index in [1.165, 1.54) is 18.3 Å². The predicted molar refractivity (Wildman–Crippen MR) is 110 cm³/mol. The molecule has 0 bridgehead atoms. The number of aryl methyl sites for hydroxylation is 1. The molecule has 6 nitrogen and oxygen atoms in total. The van der Waals surface area contributed by atoms with Crippen molar-refractivity contribution < 1.29 is 19.1 Å². The Labute approximate surface area is 168 Å². The van der Waals surface area contributed by atoms with E-state index in [4.69, 9.17) is 4.74 Å². The van der Waals surface area contributed by atoms with Crippen LogP contribution in [0.4, 0.5) is 10.7 Å². The first-order chi connectivity index (χ1) is 13.2. The SMILES string of the molecule is CC(=O)Nc1sc(C)c(C)c1C(=O)O[C@@H](C)C(=O)N1c2ccccc2C[C@@H]1C. The number of hydrogen-bond donors (Lipinski definition) is 1. The smallest absolute Gasteiger partial charge is 0.342 e. The summed E-state index contributed by atoms with van der Waals surface area (Å²) in [6.07, 6.45) is -0.163. The summed E-state index contributed by atoms with van der Waals surface area (Å²) in [6, 6.07) is 7.77. The van der Waals surface area contributed by atoms with Gasteiger partial charge in [0.15, 0.2) is 6.10 Å². The molecule has 2 amide bonds. The molecule has 0 unspecified atom stereocenters. The molecule has 3 rings (SSSR count). The van der Waals surface area contributed by atoms with Crippen LogP contribution in [0.15, 0.2) is 24.3 Å². The largest absolute Gasteiger partial charge is 0.449 e. The molecule has 0 aliphatic carbocycles. The summed E-state index contributed by atoms with van der Waals surface area (Å²) in [5.41, 5.74) is 3.04. The molecule has 1 aromatic carbocycles. The second-order valence-corrected chi connectivity index (χ2v) is 8.33. The van der Waals surface area contributed by atoms with Gasteiger partial charge in [-0.25, -0.2) is 4.79 Å². The number of para-hydroxylation sites is 1. The molecule has 2 atom stereocenters. The van der Waals surface area contributed by atoms with Crippen molar-refractivity contribution in [2.45, 2.75) is 53.2 Å². The molecule has 1 N–H and O–H groups in total. The number of carbonyl (C=O) groups excluding carboxylic acids is 3. The average molecular weight is 401 g/mol. The Hall–Kier alpha value is -2.67. The fourth-order valence-corrected chi connectivity index (χ4v) is 4.58. The highest BCUT2D eigenvalue weighted by molar-refractivity contribution is 7.16. The number of nitrogens with zero attached hydrogens (tertiary/aromatic N) is 1. The first kappa shape index (κ1) is 20.1. The minimum absolute atomic E-state index is 0.00567. The monoisotopic (exact) mass is 400 g/mol. The molecule has 0 saturated heterocycles. The Morgan fingerprint density at radius 3 is 2.61 bits per heavy atom. The van der Waals surface area contributed by atoms with Gasteiger partial charge in [0.2, 0.25) is 5.91 Å². The van der Waals surface area contributed by atoms with Crippen LogP contribution in [-0.4, -0.2) is 29.9 Å². The summed E-state index contributed by atoms with van der Waals surface area (Å²) in [5.74, 6) is -1.12. The van der Waals surface area contributed by atoms with Crippen molar-refractivity contribution in [3.05, 3.63) is 45.8 Å². The number of benzene rings is 1. The number of nitrogens with one attached hydrogen (secondary N) is 1. The molecule has 7 heteroatoms. The van der Waals surface area contributed by atoms with E-state index >= 15 is 0 Å². The van der Waals surface area contributed by atoms with Crippen LogP contribution in [0.5, 0.6) is 0 Å². The normalized spacial score (nSPS) is 16.5. The van der Waals surface area contributed by atoms with Crippen LogP contribution in [-0.2, 0) is 20.7 Å². The van der Waals surface area contributed by atoms with Gasteiger partial charge >= 0.3 is 5.97 Å². The predicted octanol–water partition coefficient (Wildman–Crippen LogP) is 3.85. The zero-order valence-corrected chi connectivity index (χ0v) is 17.5. The number of esters is 1. The van der Waals surface area contributed by atoms with E-state index in [2.05, 4.69) is 5.32 Å². The number of ether oxygens (including phenoxy) is 1. The number of rotatable bonds is 4. The molecule has 0 saturated carbocycles. The van der Waals surface area contributed by atoms with Gasteiger partial charge in [-0.3, -0.25) is 9.59 Å². The van der Waals surface area contributed by atoms with E-state index in [9.17, 15) is 14.4 Å². The Kier molecular flexibility index (Phi) is 5.56. The number of hydrogen-bond acceptors (Lipinski definition) is 5. The molecule has 0 spiro atoms. The highest BCUT2D eigenvalue weighted by atomic mass is 32.1. The molecule has 1 aliphatic rings. The van der Waals surface area contributed by atoms with Crippen LogP contribution in [0.25, 0.3) is 0 Å². The lowest BCUT2D eigenvalue weighted by atomic mass is 10.1. The zero-order chi connectivity index (χ0) is 20.6. The second-order valence-electron chi connectivity index (χ2n) is 7.11. The number of amides is 2. The summed E-state index contributed by atoms with van der Waals surface area (Å²) in [7, 11) is 0. The van der Waals surface area contributed by atoms with Gasteiger partial charge in [0.25, 0.3) is 5.91 Å². The van der Waals surface area contributed by atoms with Gasteiger partial charge in [-0.2, -0.15) is 0 Å².